The quantitative estimate of drug-likeness (QED) is 0.261. The maximum absolute atomic E-state index is 4.33. The van der Waals surface area contributed by atoms with Crippen LogP contribution in [0.4, 0.5) is 0 Å². The van der Waals surface area contributed by atoms with E-state index >= 15 is 0 Å². The zero-order chi connectivity index (χ0) is 17.2. The average molecular weight is 476 g/mol. The van der Waals surface area contributed by atoms with Crippen molar-refractivity contribution in [3.8, 4) is 0 Å². The van der Waals surface area contributed by atoms with Gasteiger partial charge in [0.25, 0.3) is 0 Å². The smallest absolute Gasteiger partial charge is 0.191 e. The number of hydrogen-bond acceptors (Lipinski definition) is 3. The molecule has 0 saturated carbocycles. The van der Waals surface area contributed by atoms with E-state index in [0.29, 0.717) is 6.04 Å². The molecule has 0 aliphatic carbocycles. The lowest BCUT2D eigenvalue weighted by Crippen LogP contribution is -2.47. The van der Waals surface area contributed by atoms with Gasteiger partial charge in [-0.2, -0.15) is 11.8 Å². The van der Waals surface area contributed by atoms with Gasteiger partial charge in [0.15, 0.2) is 5.96 Å². The van der Waals surface area contributed by atoms with Crippen molar-refractivity contribution in [3.63, 3.8) is 0 Å². The molecule has 1 aliphatic rings. The minimum atomic E-state index is 0. The second kappa shape index (κ2) is 12.8. The number of nitrogens with one attached hydrogen (secondary N) is 2. The van der Waals surface area contributed by atoms with Crippen LogP contribution >= 0.6 is 35.7 Å². The summed E-state index contributed by atoms with van der Waals surface area (Å²) in [6, 6.07) is 9.31. The van der Waals surface area contributed by atoms with Gasteiger partial charge in [-0.05, 0) is 49.3 Å². The molecule has 0 amide bonds. The number of hydrogen-bond donors (Lipinski definition) is 2. The van der Waals surface area contributed by atoms with E-state index in [-0.39, 0.29) is 24.0 Å². The first-order valence-electron chi connectivity index (χ1n) is 8.99. The summed E-state index contributed by atoms with van der Waals surface area (Å²) in [6.07, 6.45) is 5.77. The van der Waals surface area contributed by atoms with Gasteiger partial charge in [0.1, 0.15) is 0 Å². The molecule has 0 aromatic heterocycles. The van der Waals surface area contributed by atoms with Crippen LogP contribution in [0.5, 0.6) is 0 Å². The van der Waals surface area contributed by atoms with Crippen molar-refractivity contribution in [3.05, 3.63) is 35.4 Å². The molecule has 2 rings (SSSR count). The number of thioether (sulfide) groups is 1. The number of benzene rings is 1. The molecule has 25 heavy (non-hydrogen) atoms. The second-order valence-corrected chi connectivity index (χ2v) is 7.40. The SMILES string of the molecule is CN=C(NCCCCSC)NCC(C)N1CCc2ccccc2C1.I. The van der Waals surface area contributed by atoms with Crippen molar-refractivity contribution >= 4 is 41.7 Å². The van der Waals surface area contributed by atoms with Gasteiger partial charge in [-0.3, -0.25) is 9.89 Å². The van der Waals surface area contributed by atoms with Gasteiger partial charge in [-0.1, -0.05) is 24.3 Å². The predicted molar refractivity (Wildman–Crippen MR) is 122 cm³/mol. The van der Waals surface area contributed by atoms with Crippen molar-refractivity contribution in [2.45, 2.75) is 38.8 Å². The van der Waals surface area contributed by atoms with Crippen LogP contribution in [0.25, 0.3) is 0 Å². The molecule has 0 bridgehead atoms. The van der Waals surface area contributed by atoms with E-state index in [1.165, 1.54) is 29.7 Å². The molecule has 1 aromatic carbocycles. The molecule has 1 atom stereocenters. The molecule has 2 N–H and O–H groups in total. The highest BCUT2D eigenvalue weighted by atomic mass is 127. The van der Waals surface area contributed by atoms with Crippen LogP contribution in [0, 0.1) is 0 Å². The van der Waals surface area contributed by atoms with Crippen molar-refractivity contribution in [1.29, 1.82) is 0 Å². The van der Waals surface area contributed by atoms with Crippen molar-refractivity contribution in [2.24, 2.45) is 4.99 Å². The van der Waals surface area contributed by atoms with Gasteiger partial charge in [-0.25, -0.2) is 0 Å². The van der Waals surface area contributed by atoms with E-state index < -0.39 is 0 Å². The molecule has 1 aliphatic heterocycles. The molecule has 6 heteroatoms. The number of nitrogens with zero attached hydrogens (tertiary/aromatic N) is 2. The summed E-state index contributed by atoms with van der Waals surface area (Å²) in [5.41, 5.74) is 2.99. The Hall–Kier alpha value is -0.470. The number of rotatable bonds is 8. The van der Waals surface area contributed by atoms with Crippen LogP contribution in [0.1, 0.15) is 30.9 Å². The largest absolute Gasteiger partial charge is 0.356 e. The summed E-state index contributed by atoms with van der Waals surface area (Å²) < 4.78 is 0. The van der Waals surface area contributed by atoms with Crippen LogP contribution in [0.3, 0.4) is 0 Å². The third kappa shape index (κ3) is 7.74. The van der Waals surface area contributed by atoms with E-state index in [0.717, 1.165) is 38.6 Å². The highest BCUT2D eigenvalue weighted by Crippen LogP contribution is 2.19. The van der Waals surface area contributed by atoms with Crippen LogP contribution in [0.15, 0.2) is 29.3 Å². The first-order chi connectivity index (χ1) is 11.7. The van der Waals surface area contributed by atoms with E-state index in [9.17, 15) is 0 Å². The minimum Gasteiger partial charge on any atom is -0.356 e. The van der Waals surface area contributed by atoms with Crippen LogP contribution < -0.4 is 10.6 Å². The topological polar surface area (TPSA) is 39.7 Å². The number of fused-ring (bicyclic) bond motifs is 1. The summed E-state index contributed by atoms with van der Waals surface area (Å²) >= 11 is 1.91. The molecule has 1 unspecified atom stereocenters. The maximum atomic E-state index is 4.33. The fraction of sp³-hybridized carbons (Fsp3) is 0.632. The maximum Gasteiger partial charge on any atom is 0.191 e. The summed E-state index contributed by atoms with van der Waals surface area (Å²) in [7, 11) is 1.85. The Bertz CT molecular complexity index is 524. The monoisotopic (exact) mass is 476 g/mol. The zero-order valence-electron chi connectivity index (χ0n) is 15.8. The van der Waals surface area contributed by atoms with E-state index in [1.54, 1.807) is 0 Å². The molecule has 1 heterocycles. The van der Waals surface area contributed by atoms with Crippen molar-refractivity contribution in [1.82, 2.24) is 15.5 Å². The number of unbranched alkanes of at least 4 members (excludes halogenated alkanes) is 1. The van der Waals surface area contributed by atoms with E-state index in [2.05, 4.69) is 58.0 Å². The molecule has 0 fully saturated rings. The zero-order valence-corrected chi connectivity index (χ0v) is 18.9. The Kier molecular flexibility index (Phi) is 11.6. The summed E-state index contributed by atoms with van der Waals surface area (Å²) in [6.45, 7) is 6.41. The first-order valence-corrected chi connectivity index (χ1v) is 10.4. The van der Waals surface area contributed by atoms with Gasteiger partial charge < -0.3 is 10.6 Å². The molecule has 1 aromatic rings. The predicted octanol–water partition coefficient (Wildman–Crippen LogP) is 3.36. The average Bonchev–Trinajstić information content (AvgIpc) is 2.63. The normalized spacial score (nSPS) is 15.9. The van der Waals surface area contributed by atoms with Crippen LogP contribution in [-0.4, -0.2) is 55.6 Å². The number of halogens is 1. The fourth-order valence-electron chi connectivity index (χ4n) is 3.07. The molecule has 4 nitrogen and oxygen atoms in total. The second-order valence-electron chi connectivity index (χ2n) is 6.42. The van der Waals surface area contributed by atoms with Crippen LogP contribution in [-0.2, 0) is 13.0 Å². The molecule has 142 valence electrons. The minimum absolute atomic E-state index is 0. The lowest BCUT2D eigenvalue weighted by atomic mass is 9.99. The third-order valence-electron chi connectivity index (χ3n) is 4.64. The highest BCUT2D eigenvalue weighted by Gasteiger charge is 2.20. The fourth-order valence-corrected chi connectivity index (χ4v) is 3.56. The van der Waals surface area contributed by atoms with E-state index in [4.69, 9.17) is 0 Å². The Morgan fingerprint density at radius 2 is 2.00 bits per heavy atom. The highest BCUT2D eigenvalue weighted by molar-refractivity contribution is 14.0. The third-order valence-corrected chi connectivity index (χ3v) is 5.34. The van der Waals surface area contributed by atoms with Gasteiger partial charge in [0.2, 0.25) is 0 Å². The van der Waals surface area contributed by atoms with Gasteiger partial charge in [0, 0.05) is 39.3 Å². The van der Waals surface area contributed by atoms with Gasteiger partial charge in [0.05, 0.1) is 0 Å². The van der Waals surface area contributed by atoms with E-state index in [1.807, 2.05) is 18.8 Å². The Morgan fingerprint density at radius 1 is 1.24 bits per heavy atom. The Labute approximate surface area is 174 Å². The lowest BCUT2D eigenvalue weighted by Gasteiger charge is -2.34. The Morgan fingerprint density at radius 3 is 2.72 bits per heavy atom. The molecular formula is C19H33IN4S. The summed E-state index contributed by atoms with van der Waals surface area (Å²) in [5, 5.41) is 6.89. The molecule has 0 saturated heterocycles. The summed E-state index contributed by atoms with van der Waals surface area (Å²) in [4.78, 5) is 6.89. The number of aliphatic imine (C=N–C) groups is 1. The number of guanidine groups is 1. The molecule has 0 spiro atoms. The molecule has 0 radical (unpaired) electrons. The lowest BCUT2D eigenvalue weighted by molar-refractivity contribution is 0.191. The van der Waals surface area contributed by atoms with Crippen molar-refractivity contribution in [2.75, 3.05) is 38.7 Å². The Balaban J connectivity index is 0.00000312. The van der Waals surface area contributed by atoms with Crippen molar-refractivity contribution < 1.29 is 0 Å². The van der Waals surface area contributed by atoms with Gasteiger partial charge in [-0.15, -0.1) is 24.0 Å². The standard InChI is InChI=1S/C19H32N4S.HI/c1-16(14-22-19(20-2)21-11-6-7-13-24-3)23-12-10-17-8-4-5-9-18(17)15-23;/h4-5,8-9,16H,6-7,10-15H2,1-3H3,(H2,20,21,22);1H. The van der Waals surface area contributed by atoms with Gasteiger partial charge >= 0.3 is 0 Å². The molecular weight excluding hydrogens is 443 g/mol. The summed E-state index contributed by atoms with van der Waals surface area (Å²) in [5.74, 6) is 2.16. The van der Waals surface area contributed by atoms with Crippen LogP contribution in [0.2, 0.25) is 0 Å². The first kappa shape index (κ1) is 22.6.